The van der Waals surface area contributed by atoms with Crippen LogP contribution in [0.15, 0.2) is 60.8 Å². The number of carbonyl (C=O) groups is 2. The summed E-state index contributed by atoms with van der Waals surface area (Å²) in [5, 5.41) is 7.76. The van der Waals surface area contributed by atoms with Gasteiger partial charge in [-0.05, 0) is 36.8 Å². The molecule has 7 nitrogen and oxygen atoms in total. The first-order valence-electron chi connectivity index (χ1n) is 9.20. The molecule has 0 bridgehead atoms. The molecule has 4 rings (SSSR count). The molecular formula is C22H18FN5O2. The molecule has 30 heavy (non-hydrogen) atoms. The number of amides is 2. The molecule has 0 spiro atoms. The average molecular weight is 403 g/mol. The Morgan fingerprint density at radius 1 is 1.13 bits per heavy atom. The van der Waals surface area contributed by atoms with E-state index in [1.54, 1.807) is 47.3 Å². The fraction of sp³-hybridized carbons (Fsp3) is 0.0909. The van der Waals surface area contributed by atoms with Crippen LogP contribution in [-0.4, -0.2) is 26.6 Å². The van der Waals surface area contributed by atoms with E-state index in [0.717, 1.165) is 11.3 Å². The third kappa shape index (κ3) is 3.75. The lowest BCUT2D eigenvalue weighted by atomic mass is 10.1. The van der Waals surface area contributed by atoms with Crippen molar-refractivity contribution in [1.82, 2.24) is 14.8 Å². The number of hydrogen-bond acceptors (Lipinski definition) is 4. The van der Waals surface area contributed by atoms with Crippen LogP contribution in [0.25, 0.3) is 10.9 Å². The number of fused-ring (bicyclic) bond motifs is 1. The lowest BCUT2D eigenvalue weighted by Gasteiger charge is -2.10. The molecule has 0 radical (unpaired) electrons. The van der Waals surface area contributed by atoms with E-state index in [4.69, 9.17) is 5.73 Å². The molecule has 0 aliphatic heterocycles. The Morgan fingerprint density at radius 2 is 1.87 bits per heavy atom. The smallest absolute Gasteiger partial charge is 0.267 e. The molecule has 8 heteroatoms. The highest BCUT2D eigenvalue weighted by atomic mass is 19.1. The number of nitrogens with one attached hydrogen (secondary N) is 1. The summed E-state index contributed by atoms with van der Waals surface area (Å²) in [6, 6.07) is 14.6. The highest BCUT2D eigenvalue weighted by Gasteiger charge is 2.17. The van der Waals surface area contributed by atoms with Gasteiger partial charge in [-0.15, -0.1) is 0 Å². The van der Waals surface area contributed by atoms with Crippen LogP contribution in [0.1, 0.15) is 32.1 Å². The zero-order chi connectivity index (χ0) is 21.3. The Morgan fingerprint density at radius 3 is 2.60 bits per heavy atom. The van der Waals surface area contributed by atoms with Crippen LogP contribution in [0.3, 0.4) is 0 Å². The number of anilines is 1. The van der Waals surface area contributed by atoms with Gasteiger partial charge < -0.3 is 11.1 Å². The SMILES string of the molecule is Cc1c(NC(=O)c2cc(C(N)=O)nc3ccccc23)cnn1Cc1ccc(F)cc1. The number of rotatable bonds is 5. The largest absolute Gasteiger partial charge is 0.364 e. The zero-order valence-electron chi connectivity index (χ0n) is 16.1. The first kappa shape index (κ1) is 19.3. The van der Waals surface area contributed by atoms with Gasteiger partial charge in [-0.1, -0.05) is 30.3 Å². The fourth-order valence-electron chi connectivity index (χ4n) is 3.17. The van der Waals surface area contributed by atoms with Crippen molar-refractivity contribution in [3.63, 3.8) is 0 Å². The molecule has 0 fully saturated rings. The van der Waals surface area contributed by atoms with Crippen LogP contribution in [0.5, 0.6) is 0 Å². The second-order valence-corrected chi connectivity index (χ2v) is 6.82. The van der Waals surface area contributed by atoms with Crippen molar-refractivity contribution in [2.24, 2.45) is 5.73 Å². The van der Waals surface area contributed by atoms with Crippen molar-refractivity contribution >= 4 is 28.4 Å². The predicted molar refractivity (Wildman–Crippen MR) is 111 cm³/mol. The second kappa shape index (κ2) is 7.75. The summed E-state index contributed by atoms with van der Waals surface area (Å²) < 4.78 is 14.8. The number of pyridine rings is 1. The van der Waals surface area contributed by atoms with Crippen molar-refractivity contribution in [2.75, 3.05) is 5.32 Å². The fourth-order valence-corrected chi connectivity index (χ4v) is 3.17. The molecule has 0 saturated carbocycles. The summed E-state index contributed by atoms with van der Waals surface area (Å²) >= 11 is 0. The van der Waals surface area contributed by atoms with E-state index >= 15 is 0 Å². The van der Waals surface area contributed by atoms with E-state index < -0.39 is 11.8 Å². The number of carbonyl (C=O) groups excluding carboxylic acids is 2. The monoisotopic (exact) mass is 403 g/mol. The van der Waals surface area contributed by atoms with Crippen LogP contribution >= 0.6 is 0 Å². The van der Waals surface area contributed by atoms with Gasteiger partial charge in [0.1, 0.15) is 11.5 Å². The molecule has 0 unspecified atom stereocenters. The number of primary amides is 1. The molecule has 2 heterocycles. The van der Waals surface area contributed by atoms with E-state index in [0.29, 0.717) is 28.7 Å². The highest BCUT2D eigenvalue weighted by Crippen LogP contribution is 2.22. The van der Waals surface area contributed by atoms with Gasteiger partial charge in [-0.25, -0.2) is 9.37 Å². The van der Waals surface area contributed by atoms with Gasteiger partial charge in [0.25, 0.3) is 11.8 Å². The van der Waals surface area contributed by atoms with Crippen LogP contribution < -0.4 is 11.1 Å². The normalized spacial score (nSPS) is 10.9. The van der Waals surface area contributed by atoms with Gasteiger partial charge in [0.15, 0.2) is 0 Å². The minimum absolute atomic E-state index is 0.0163. The average Bonchev–Trinajstić information content (AvgIpc) is 3.08. The van der Waals surface area contributed by atoms with Gasteiger partial charge in [0, 0.05) is 5.39 Å². The van der Waals surface area contributed by atoms with E-state index in [1.165, 1.54) is 18.2 Å². The van der Waals surface area contributed by atoms with Crippen molar-refractivity contribution in [3.05, 3.63) is 89.1 Å². The first-order valence-corrected chi connectivity index (χ1v) is 9.20. The maximum absolute atomic E-state index is 13.1. The summed E-state index contributed by atoms with van der Waals surface area (Å²) in [7, 11) is 0. The quantitative estimate of drug-likeness (QED) is 0.534. The number of nitrogens with zero attached hydrogens (tertiary/aromatic N) is 3. The maximum Gasteiger partial charge on any atom is 0.267 e. The van der Waals surface area contributed by atoms with Gasteiger partial charge >= 0.3 is 0 Å². The molecule has 150 valence electrons. The standard InChI is InChI=1S/C22H18FN5O2/c1-13-20(11-25-28(13)12-14-6-8-15(23)9-7-14)27-22(30)17-10-19(21(24)29)26-18-5-3-2-4-16(17)18/h2-11H,12H2,1H3,(H2,24,29)(H,27,30). The summed E-state index contributed by atoms with van der Waals surface area (Å²) in [6.07, 6.45) is 1.55. The second-order valence-electron chi connectivity index (χ2n) is 6.82. The summed E-state index contributed by atoms with van der Waals surface area (Å²) in [6.45, 7) is 2.26. The van der Waals surface area contributed by atoms with Crippen molar-refractivity contribution in [2.45, 2.75) is 13.5 Å². The Bertz CT molecular complexity index is 1260. The molecule has 2 aromatic carbocycles. The lowest BCUT2D eigenvalue weighted by Crippen LogP contribution is -2.18. The van der Waals surface area contributed by atoms with Gasteiger partial charge in [-0.3, -0.25) is 14.3 Å². The van der Waals surface area contributed by atoms with Gasteiger partial charge in [-0.2, -0.15) is 5.10 Å². The first-order chi connectivity index (χ1) is 14.4. The highest BCUT2D eigenvalue weighted by molar-refractivity contribution is 6.13. The van der Waals surface area contributed by atoms with Crippen molar-refractivity contribution in [1.29, 1.82) is 0 Å². The Hall–Kier alpha value is -4.07. The number of hydrogen-bond donors (Lipinski definition) is 2. The Kier molecular flexibility index (Phi) is 4.97. The zero-order valence-corrected chi connectivity index (χ0v) is 16.1. The van der Waals surface area contributed by atoms with E-state index in [-0.39, 0.29) is 11.5 Å². The number of para-hydroxylation sites is 1. The van der Waals surface area contributed by atoms with Crippen LogP contribution in [0.4, 0.5) is 10.1 Å². The molecule has 0 atom stereocenters. The minimum Gasteiger partial charge on any atom is -0.364 e. The van der Waals surface area contributed by atoms with Crippen LogP contribution in [-0.2, 0) is 6.54 Å². The van der Waals surface area contributed by atoms with Crippen LogP contribution in [0, 0.1) is 12.7 Å². The Balaban J connectivity index is 1.62. The third-order valence-corrected chi connectivity index (χ3v) is 4.81. The number of nitrogens with two attached hydrogens (primary N) is 1. The lowest BCUT2D eigenvalue weighted by molar-refractivity contribution is 0.0996. The third-order valence-electron chi connectivity index (χ3n) is 4.81. The molecule has 0 aliphatic rings. The molecule has 0 aliphatic carbocycles. The number of aromatic nitrogens is 3. The molecule has 3 N–H and O–H groups in total. The number of halogens is 1. The summed E-state index contributed by atoms with van der Waals surface area (Å²) in [5.74, 6) is -1.41. The maximum atomic E-state index is 13.1. The Labute approximate surface area is 171 Å². The molecule has 2 aromatic heterocycles. The van der Waals surface area contributed by atoms with Crippen LogP contribution in [0.2, 0.25) is 0 Å². The van der Waals surface area contributed by atoms with Crippen molar-refractivity contribution in [3.8, 4) is 0 Å². The molecule has 4 aromatic rings. The van der Waals surface area contributed by atoms with Gasteiger partial charge in [0.05, 0.1) is 35.2 Å². The number of benzene rings is 2. The summed E-state index contributed by atoms with van der Waals surface area (Å²) in [5.41, 5.74) is 8.33. The van der Waals surface area contributed by atoms with E-state index in [1.807, 2.05) is 6.92 Å². The van der Waals surface area contributed by atoms with E-state index in [9.17, 15) is 14.0 Å². The van der Waals surface area contributed by atoms with Crippen molar-refractivity contribution < 1.29 is 14.0 Å². The topological polar surface area (TPSA) is 103 Å². The molecule has 0 saturated heterocycles. The summed E-state index contributed by atoms with van der Waals surface area (Å²) in [4.78, 5) is 28.8. The molecule has 2 amide bonds. The minimum atomic E-state index is -0.710. The predicted octanol–water partition coefficient (Wildman–Crippen LogP) is 3.28. The van der Waals surface area contributed by atoms with Gasteiger partial charge in [0.2, 0.25) is 0 Å². The van der Waals surface area contributed by atoms with E-state index in [2.05, 4.69) is 15.4 Å². The molecular weight excluding hydrogens is 385 g/mol.